The van der Waals surface area contributed by atoms with Crippen LogP contribution in [0.2, 0.25) is 10.6 Å². The van der Waals surface area contributed by atoms with E-state index in [1.54, 1.807) is 12.5 Å². The minimum absolute atomic E-state index is 0.00123. The van der Waals surface area contributed by atoms with E-state index in [1.165, 1.54) is 47.8 Å². The predicted octanol–water partition coefficient (Wildman–Crippen LogP) is 7.21. The summed E-state index contributed by atoms with van der Waals surface area (Å²) < 4.78 is 73.8. The molecule has 5 aromatic rings. The number of hydrogen-bond donors (Lipinski definition) is 7. The molecule has 23 nitrogen and oxygen atoms in total. The number of aromatic nitrogens is 6. The Morgan fingerprint density at radius 3 is 1.73 bits per heavy atom. The summed E-state index contributed by atoms with van der Waals surface area (Å²) in [5, 5.41) is 34.4. The van der Waals surface area contributed by atoms with Gasteiger partial charge in [0.15, 0.2) is 10.3 Å². The van der Waals surface area contributed by atoms with Crippen molar-refractivity contribution in [2.75, 3.05) is 34.6 Å². The van der Waals surface area contributed by atoms with E-state index in [9.17, 15) is 25.9 Å². The molecule has 0 aliphatic heterocycles. The Morgan fingerprint density at radius 2 is 1.20 bits per heavy atom. The van der Waals surface area contributed by atoms with E-state index < -0.39 is 58.5 Å². The molecule has 0 aliphatic rings. The highest BCUT2D eigenvalue weighted by molar-refractivity contribution is 7.98. The first-order chi connectivity index (χ1) is 26.5. The second-order valence-electron chi connectivity index (χ2n) is 10.1. The molecule has 294 valence electrons. The smallest absolute Gasteiger partial charge is 0.296 e. The zero-order chi connectivity index (χ0) is 40.8. The summed E-state index contributed by atoms with van der Waals surface area (Å²) in [6.45, 7) is 0. The Morgan fingerprint density at radius 1 is 0.679 bits per heavy atom. The van der Waals surface area contributed by atoms with Gasteiger partial charge in [0.05, 0.1) is 28.3 Å². The molecule has 0 fully saturated rings. The van der Waals surface area contributed by atoms with Gasteiger partial charge in [0.25, 0.3) is 20.2 Å². The van der Waals surface area contributed by atoms with Crippen LogP contribution < -0.4 is 22.1 Å². The van der Waals surface area contributed by atoms with Crippen LogP contribution in [0.1, 0.15) is 0 Å². The summed E-state index contributed by atoms with van der Waals surface area (Å²) in [7, 11) is -10.0. The van der Waals surface area contributed by atoms with E-state index in [-0.39, 0.29) is 43.9 Å². The summed E-state index contributed by atoms with van der Waals surface area (Å²) in [6, 6.07) is 8.54. The van der Waals surface area contributed by atoms with Gasteiger partial charge in [0.2, 0.25) is 22.5 Å². The number of halogens is 2. The number of nitrogens with one attached hydrogen (secondary N) is 2. The topological polar surface area (TPSA) is 350 Å². The number of nitrogen functional groups attached to an aromatic ring is 2. The molecule has 0 radical (unpaired) electrons. The van der Waals surface area contributed by atoms with Crippen molar-refractivity contribution < 1.29 is 40.6 Å². The van der Waals surface area contributed by atoms with Crippen LogP contribution in [0.3, 0.4) is 0 Å². The molecule has 0 atom stereocenters. The third-order valence-corrected chi connectivity index (χ3v) is 10.4. The maximum Gasteiger partial charge on any atom is 0.296 e. The standard InChI is InChI=1S/C26H22Cl2N14O9S5/c1-52-25-35-21(27)33-23(37-25)31-10-3-5-15(54-51-50-43)12(7-10)39-41-14-9-17(56(47,48)49)19(30)20(18(14)29)42-40-13-8-11(4-6-16(13)55(44,45)46)32-24-34-22(28)36-26(38-24)53-2/h3-9,43H,29-30H2,1-2H3,(H,44,45,46)(H,47,48,49)(H,31,33,35,37)(H,32,34,36,38). The van der Waals surface area contributed by atoms with Crippen molar-refractivity contribution in [1.82, 2.24) is 29.9 Å². The fourth-order valence-corrected chi connectivity index (χ4v) is 6.96. The zero-order valence-corrected chi connectivity index (χ0v) is 33.4. The number of benzene rings is 3. The SMILES string of the molecule is CSc1nc(Cl)nc(Nc2ccc(SOOO)c(N=Nc3cc(S(=O)(=O)O)c(N)c(N=Nc4cc(Nc5nc(Cl)nc(SC)n5)ccc4S(=O)(=O)O)c3N)c2)n1. The molecule has 56 heavy (non-hydrogen) atoms. The van der Waals surface area contributed by atoms with Crippen molar-refractivity contribution in [3.63, 3.8) is 0 Å². The van der Waals surface area contributed by atoms with Gasteiger partial charge >= 0.3 is 0 Å². The van der Waals surface area contributed by atoms with Gasteiger partial charge in [0.1, 0.15) is 32.5 Å². The lowest BCUT2D eigenvalue weighted by atomic mass is 10.2. The Kier molecular flexibility index (Phi) is 13.8. The van der Waals surface area contributed by atoms with Crippen molar-refractivity contribution in [1.29, 1.82) is 0 Å². The van der Waals surface area contributed by atoms with Gasteiger partial charge in [-0.05, 0) is 78.2 Å². The van der Waals surface area contributed by atoms with E-state index in [1.807, 2.05) is 0 Å². The average molecular weight is 906 g/mol. The lowest BCUT2D eigenvalue weighted by molar-refractivity contribution is -0.432. The summed E-state index contributed by atoms with van der Waals surface area (Å²) in [4.78, 5) is 22.8. The molecule has 30 heteroatoms. The van der Waals surface area contributed by atoms with Crippen LogP contribution in [-0.4, -0.2) is 73.6 Å². The van der Waals surface area contributed by atoms with Crippen LogP contribution in [0.15, 0.2) is 87.9 Å². The molecular weight excluding hydrogens is 884 g/mol. The van der Waals surface area contributed by atoms with Crippen LogP contribution >= 0.6 is 58.8 Å². The molecule has 0 aliphatic carbocycles. The first-order valence-electron chi connectivity index (χ1n) is 14.4. The summed E-state index contributed by atoms with van der Waals surface area (Å²) in [5.74, 6) is 0.0424. The zero-order valence-electron chi connectivity index (χ0n) is 27.8. The molecule has 0 saturated heterocycles. The molecule has 2 heterocycles. The van der Waals surface area contributed by atoms with Gasteiger partial charge in [-0.3, -0.25) is 9.11 Å². The Labute approximate surface area is 338 Å². The highest BCUT2D eigenvalue weighted by Gasteiger charge is 2.24. The number of hydrogen-bond acceptors (Lipinski definition) is 24. The molecule has 0 unspecified atom stereocenters. The van der Waals surface area contributed by atoms with Crippen molar-refractivity contribution in [2.45, 2.75) is 25.0 Å². The summed E-state index contributed by atoms with van der Waals surface area (Å²) in [6.07, 6.45) is 3.43. The maximum atomic E-state index is 12.4. The highest BCUT2D eigenvalue weighted by Crippen LogP contribution is 2.44. The molecule has 2 aromatic heterocycles. The van der Waals surface area contributed by atoms with Crippen molar-refractivity contribution in [2.24, 2.45) is 20.5 Å². The van der Waals surface area contributed by atoms with Gasteiger partial charge < -0.3 is 22.1 Å². The van der Waals surface area contributed by atoms with Crippen molar-refractivity contribution >= 4 is 136 Å². The first-order valence-corrected chi connectivity index (χ1v) is 21.2. The second kappa shape index (κ2) is 18.1. The quantitative estimate of drug-likeness (QED) is 0.0104. The molecular formula is C26H22Cl2N14O9S5. The van der Waals surface area contributed by atoms with Crippen molar-refractivity contribution in [3.05, 3.63) is 53.0 Å². The number of rotatable bonds is 15. The van der Waals surface area contributed by atoms with Crippen LogP contribution in [0, 0.1) is 0 Å². The molecule has 0 saturated carbocycles. The first kappa shape index (κ1) is 42.6. The molecule has 9 N–H and O–H groups in total. The normalized spacial score (nSPS) is 12.1. The van der Waals surface area contributed by atoms with Gasteiger partial charge in [0, 0.05) is 11.4 Å². The number of anilines is 6. The van der Waals surface area contributed by atoms with Gasteiger partial charge in [-0.15, -0.1) is 24.8 Å². The number of azo groups is 2. The predicted molar refractivity (Wildman–Crippen MR) is 207 cm³/mol. The number of thioether (sulfide) groups is 2. The fraction of sp³-hybridized carbons (Fsp3) is 0.0769. The summed E-state index contributed by atoms with van der Waals surface area (Å²) >= 11 is 14.8. The minimum atomic E-state index is -5.09. The minimum Gasteiger partial charge on any atom is -0.396 e. The largest absolute Gasteiger partial charge is 0.396 e. The van der Waals surface area contributed by atoms with Gasteiger partial charge in [-0.2, -0.15) is 46.7 Å². The van der Waals surface area contributed by atoms with Gasteiger partial charge in [-0.1, -0.05) is 28.6 Å². The number of nitrogens with zero attached hydrogens (tertiary/aromatic N) is 10. The highest BCUT2D eigenvalue weighted by atomic mass is 35.5. The average Bonchev–Trinajstić information content (AvgIpc) is 3.12. The van der Waals surface area contributed by atoms with E-state index in [2.05, 4.69) is 70.4 Å². The lowest BCUT2D eigenvalue weighted by Crippen LogP contribution is -2.05. The Bertz CT molecular complexity index is 2590. The third-order valence-electron chi connectivity index (χ3n) is 6.52. The van der Waals surface area contributed by atoms with Crippen LogP contribution in [0.25, 0.3) is 0 Å². The molecule has 0 bridgehead atoms. The van der Waals surface area contributed by atoms with Crippen LogP contribution in [0.4, 0.5) is 57.4 Å². The monoisotopic (exact) mass is 904 g/mol. The van der Waals surface area contributed by atoms with Crippen LogP contribution in [-0.2, 0) is 29.6 Å². The van der Waals surface area contributed by atoms with Crippen molar-refractivity contribution in [3.8, 4) is 0 Å². The third kappa shape index (κ3) is 10.8. The second-order valence-corrected chi connectivity index (χ2v) is 15.8. The lowest BCUT2D eigenvalue weighted by Gasteiger charge is -2.12. The molecule has 3 aromatic carbocycles. The number of nitrogens with two attached hydrogens (primary N) is 2. The fourth-order valence-electron chi connectivity index (χ4n) is 4.18. The Hall–Kier alpha value is -4.59. The molecule has 0 amide bonds. The van der Waals surface area contributed by atoms with E-state index in [0.717, 1.165) is 18.2 Å². The van der Waals surface area contributed by atoms with E-state index >= 15 is 0 Å². The Balaban J connectivity index is 1.58. The summed E-state index contributed by atoms with van der Waals surface area (Å²) in [5.41, 5.74) is 10.1. The van der Waals surface area contributed by atoms with E-state index in [4.69, 9.17) is 39.9 Å². The van der Waals surface area contributed by atoms with E-state index in [0.29, 0.717) is 22.9 Å². The molecule has 5 rings (SSSR count). The van der Waals surface area contributed by atoms with Gasteiger partial charge in [-0.25, -0.2) is 5.26 Å². The maximum absolute atomic E-state index is 12.4. The van der Waals surface area contributed by atoms with Crippen LogP contribution in [0.5, 0.6) is 0 Å². The molecule has 0 spiro atoms.